The molecule has 0 amide bonds. The smallest absolute Gasteiger partial charge is 0.194 e. The summed E-state index contributed by atoms with van der Waals surface area (Å²) in [5.74, 6) is -3.62. The third-order valence-corrected chi connectivity index (χ3v) is 3.37. The Kier molecular flexibility index (Phi) is 6.10. The van der Waals surface area contributed by atoms with Crippen molar-refractivity contribution in [3.63, 3.8) is 0 Å². The molecule has 1 aliphatic heterocycles. The van der Waals surface area contributed by atoms with Gasteiger partial charge in [0.2, 0.25) is 0 Å². The first-order valence-corrected chi connectivity index (χ1v) is 6.22. The highest BCUT2D eigenvalue weighted by Crippen LogP contribution is 2.27. The molecular weight excluding hydrogens is 277 g/mol. The maximum absolute atomic E-state index is 13.3. The van der Waals surface area contributed by atoms with Gasteiger partial charge in [-0.15, -0.1) is 12.4 Å². The average Bonchev–Trinajstić information content (AvgIpc) is 2.38. The van der Waals surface area contributed by atoms with Gasteiger partial charge in [0.05, 0.1) is 0 Å². The third kappa shape index (κ3) is 3.61. The van der Waals surface area contributed by atoms with Gasteiger partial charge in [-0.25, -0.2) is 13.2 Å². The van der Waals surface area contributed by atoms with Crippen molar-refractivity contribution in [2.75, 3.05) is 26.2 Å². The van der Waals surface area contributed by atoms with E-state index in [1.807, 2.05) is 6.92 Å². The topological polar surface area (TPSA) is 15.3 Å². The van der Waals surface area contributed by atoms with Crippen LogP contribution in [-0.2, 0) is 0 Å². The molecule has 0 aromatic heterocycles. The molecule has 0 radical (unpaired) electrons. The van der Waals surface area contributed by atoms with Crippen LogP contribution in [0.15, 0.2) is 12.1 Å². The molecule has 0 unspecified atom stereocenters. The Balaban J connectivity index is 0.00000180. The summed E-state index contributed by atoms with van der Waals surface area (Å²) in [7, 11) is 0. The van der Waals surface area contributed by atoms with Crippen LogP contribution < -0.4 is 5.32 Å². The first kappa shape index (κ1) is 16.3. The monoisotopic (exact) mass is 294 g/mol. The van der Waals surface area contributed by atoms with Crippen molar-refractivity contribution in [1.29, 1.82) is 0 Å². The molecule has 1 fully saturated rings. The SMILES string of the molecule is CC[C@H](c1cc(F)c(F)c(F)c1)N1CCNCC1.Cl. The number of nitrogens with zero attached hydrogens (tertiary/aromatic N) is 1. The van der Waals surface area contributed by atoms with Crippen molar-refractivity contribution in [3.05, 3.63) is 35.1 Å². The van der Waals surface area contributed by atoms with Gasteiger partial charge in [-0.05, 0) is 24.1 Å². The van der Waals surface area contributed by atoms with Crippen molar-refractivity contribution in [2.45, 2.75) is 19.4 Å². The summed E-state index contributed by atoms with van der Waals surface area (Å²) in [5, 5.41) is 3.23. The fourth-order valence-electron chi connectivity index (χ4n) is 2.47. The number of hydrogen-bond acceptors (Lipinski definition) is 2. The third-order valence-electron chi connectivity index (χ3n) is 3.37. The Bertz CT molecular complexity index is 399. The Labute approximate surface area is 117 Å². The van der Waals surface area contributed by atoms with Gasteiger partial charge in [-0.3, -0.25) is 4.90 Å². The summed E-state index contributed by atoms with van der Waals surface area (Å²) in [5.41, 5.74) is 0.510. The predicted molar refractivity (Wildman–Crippen MR) is 71.0 cm³/mol. The van der Waals surface area contributed by atoms with E-state index in [0.29, 0.717) is 5.56 Å². The maximum Gasteiger partial charge on any atom is 0.194 e. The molecule has 1 aromatic carbocycles. The zero-order valence-corrected chi connectivity index (χ0v) is 11.6. The van der Waals surface area contributed by atoms with E-state index in [-0.39, 0.29) is 18.4 Å². The molecule has 0 spiro atoms. The van der Waals surface area contributed by atoms with Gasteiger partial charge in [0, 0.05) is 32.2 Å². The predicted octanol–water partition coefficient (Wildman–Crippen LogP) is 2.88. The number of rotatable bonds is 3. The van der Waals surface area contributed by atoms with Crippen LogP contribution in [0.4, 0.5) is 13.2 Å². The zero-order valence-electron chi connectivity index (χ0n) is 10.8. The van der Waals surface area contributed by atoms with E-state index in [4.69, 9.17) is 0 Å². The molecule has 19 heavy (non-hydrogen) atoms. The summed E-state index contributed by atoms with van der Waals surface area (Å²) in [6, 6.07) is 2.15. The quantitative estimate of drug-likeness (QED) is 0.863. The number of halogens is 4. The van der Waals surface area contributed by atoms with Crippen LogP contribution in [0.3, 0.4) is 0 Å². The van der Waals surface area contributed by atoms with Crippen molar-refractivity contribution >= 4 is 12.4 Å². The van der Waals surface area contributed by atoms with E-state index in [2.05, 4.69) is 10.2 Å². The second-order valence-corrected chi connectivity index (χ2v) is 4.51. The fraction of sp³-hybridized carbons (Fsp3) is 0.538. The van der Waals surface area contributed by atoms with E-state index in [1.54, 1.807) is 0 Å². The summed E-state index contributed by atoms with van der Waals surface area (Å²) >= 11 is 0. The van der Waals surface area contributed by atoms with Crippen LogP contribution in [0, 0.1) is 17.5 Å². The number of hydrogen-bond donors (Lipinski definition) is 1. The van der Waals surface area contributed by atoms with Crippen molar-refractivity contribution < 1.29 is 13.2 Å². The summed E-state index contributed by atoms with van der Waals surface area (Å²) in [6.45, 7) is 5.36. The van der Waals surface area contributed by atoms with E-state index in [1.165, 1.54) is 0 Å². The maximum atomic E-state index is 13.3. The second kappa shape index (κ2) is 7.12. The molecule has 108 valence electrons. The highest BCUT2D eigenvalue weighted by Gasteiger charge is 2.23. The van der Waals surface area contributed by atoms with Gasteiger partial charge >= 0.3 is 0 Å². The highest BCUT2D eigenvalue weighted by atomic mass is 35.5. The van der Waals surface area contributed by atoms with Crippen LogP contribution in [0.1, 0.15) is 24.9 Å². The Morgan fingerprint density at radius 3 is 2.16 bits per heavy atom. The lowest BCUT2D eigenvalue weighted by Gasteiger charge is -2.34. The Morgan fingerprint density at radius 1 is 1.16 bits per heavy atom. The van der Waals surface area contributed by atoms with Gasteiger partial charge in [0.25, 0.3) is 0 Å². The lowest BCUT2D eigenvalue weighted by atomic mass is 10.0. The van der Waals surface area contributed by atoms with Gasteiger partial charge in [0.15, 0.2) is 17.5 Å². The molecule has 1 atom stereocenters. The average molecular weight is 295 g/mol. The molecule has 1 aliphatic rings. The Morgan fingerprint density at radius 2 is 1.68 bits per heavy atom. The molecule has 1 aromatic rings. The van der Waals surface area contributed by atoms with E-state index >= 15 is 0 Å². The standard InChI is InChI=1S/C13H17F3N2.ClH/c1-2-12(18-5-3-17-4-6-18)9-7-10(14)13(16)11(15)8-9;/h7-8,12,17H,2-6H2,1H3;1H/t12-;/m1./s1. The minimum absolute atomic E-state index is 0. The van der Waals surface area contributed by atoms with Crippen LogP contribution in [0.2, 0.25) is 0 Å². The number of benzene rings is 1. The normalized spacial score (nSPS) is 17.9. The van der Waals surface area contributed by atoms with Crippen LogP contribution in [0.25, 0.3) is 0 Å². The molecule has 0 saturated carbocycles. The summed E-state index contributed by atoms with van der Waals surface area (Å²) in [6.07, 6.45) is 0.741. The largest absolute Gasteiger partial charge is 0.314 e. The van der Waals surface area contributed by atoms with E-state index in [9.17, 15) is 13.2 Å². The molecule has 1 N–H and O–H groups in total. The molecule has 1 heterocycles. The molecule has 0 bridgehead atoms. The number of piperazine rings is 1. The van der Waals surface area contributed by atoms with Crippen molar-refractivity contribution in [1.82, 2.24) is 10.2 Å². The van der Waals surface area contributed by atoms with Gasteiger partial charge in [-0.1, -0.05) is 6.92 Å². The van der Waals surface area contributed by atoms with E-state index in [0.717, 1.165) is 44.7 Å². The second-order valence-electron chi connectivity index (χ2n) is 4.51. The minimum Gasteiger partial charge on any atom is -0.314 e. The zero-order chi connectivity index (χ0) is 13.1. The van der Waals surface area contributed by atoms with Gasteiger partial charge in [-0.2, -0.15) is 0 Å². The van der Waals surface area contributed by atoms with Crippen LogP contribution in [0.5, 0.6) is 0 Å². The van der Waals surface area contributed by atoms with E-state index < -0.39 is 17.5 Å². The highest BCUT2D eigenvalue weighted by molar-refractivity contribution is 5.85. The first-order valence-electron chi connectivity index (χ1n) is 6.22. The lowest BCUT2D eigenvalue weighted by Crippen LogP contribution is -2.45. The molecule has 6 heteroatoms. The van der Waals surface area contributed by atoms with Crippen LogP contribution in [-0.4, -0.2) is 31.1 Å². The molecule has 2 nitrogen and oxygen atoms in total. The van der Waals surface area contributed by atoms with Crippen molar-refractivity contribution in [3.8, 4) is 0 Å². The Hall–Kier alpha value is -0.780. The molecule has 0 aliphatic carbocycles. The lowest BCUT2D eigenvalue weighted by molar-refractivity contribution is 0.168. The summed E-state index contributed by atoms with van der Waals surface area (Å²) < 4.78 is 39.5. The molecule has 1 saturated heterocycles. The van der Waals surface area contributed by atoms with Crippen LogP contribution >= 0.6 is 12.4 Å². The van der Waals surface area contributed by atoms with Crippen molar-refractivity contribution in [2.24, 2.45) is 0 Å². The van der Waals surface area contributed by atoms with Gasteiger partial charge in [0.1, 0.15) is 0 Å². The van der Waals surface area contributed by atoms with Gasteiger partial charge < -0.3 is 5.32 Å². The summed E-state index contributed by atoms with van der Waals surface area (Å²) in [4.78, 5) is 2.17. The molecule has 2 rings (SSSR count). The molecular formula is C13H18ClF3N2. The fourth-order valence-corrected chi connectivity index (χ4v) is 2.47. The number of nitrogens with one attached hydrogen (secondary N) is 1. The minimum atomic E-state index is -1.39. The first-order chi connectivity index (χ1) is 8.63.